The van der Waals surface area contributed by atoms with Crippen molar-refractivity contribution in [3.8, 4) is 0 Å². The minimum Gasteiger partial charge on any atom is -0.370 e. The summed E-state index contributed by atoms with van der Waals surface area (Å²) in [5.41, 5.74) is 0. The molecule has 0 aliphatic rings. The first-order valence-corrected chi connectivity index (χ1v) is 7.16. The maximum Gasteiger partial charge on any atom is 0.131 e. The van der Waals surface area contributed by atoms with Crippen molar-refractivity contribution in [2.45, 2.75) is 52.4 Å². The van der Waals surface area contributed by atoms with Gasteiger partial charge in [0, 0.05) is 19.2 Å². The average Bonchev–Trinajstić information content (AvgIpc) is 2.39. The van der Waals surface area contributed by atoms with Gasteiger partial charge in [0.05, 0.1) is 0 Å². The van der Waals surface area contributed by atoms with Gasteiger partial charge in [0.1, 0.15) is 18.0 Å². The van der Waals surface area contributed by atoms with Gasteiger partial charge in [-0.25, -0.2) is 9.97 Å². The Morgan fingerprint density at radius 2 is 1.56 bits per heavy atom. The lowest BCUT2D eigenvalue weighted by Gasteiger charge is -2.07. The van der Waals surface area contributed by atoms with Crippen molar-refractivity contribution in [2.75, 3.05) is 23.7 Å². The molecule has 0 unspecified atom stereocenters. The summed E-state index contributed by atoms with van der Waals surface area (Å²) in [7, 11) is 0. The van der Waals surface area contributed by atoms with Crippen molar-refractivity contribution >= 4 is 11.6 Å². The zero-order chi connectivity index (χ0) is 13.1. The molecule has 18 heavy (non-hydrogen) atoms. The Balaban J connectivity index is 2.13. The number of hydrogen-bond acceptors (Lipinski definition) is 4. The van der Waals surface area contributed by atoms with Crippen LogP contribution in [0.5, 0.6) is 0 Å². The summed E-state index contributed by atoms with van der Waals surface area (Å²) in [5.74, 6) is 1.80. The van der Waals surface area contributed by atoms with Crippen LogP contribution in [0.4, 0.5) is 11.6 Å². The van der Waals surface area contributed by atoms with E-state index in [0.29, 0.717) is 0 Å². The molecule has 102 valence electrons. The molecular weight excluding hydrogens is 224 g/mol. The minimum atomic E-state index is 0.883. The minimum absolute atomic E-state index is 0.883. The van der Waals surface area contributed by atoms with Gasteiger partial charge in [-0.2, -0.15) is 0 Å². The Morgan fingerprint density at radius 1 is 0.889 bits per heavy atom. The van der Waals surface area contributed by atoms with E-state index < -0.39 is 0 Å². The van der Waals surface area contributed by atoms with Gasteiger partial charge in [0.25, 0.3) is 0 Å². The standard InChI is InChI=1S/C14H26N4/c1-3-5-6-7-8-9-10-16-14-11-13(15-4-2)17-12-18-14/h11-12H,3-10H2,1-2H3,(H2,15,16,17,18). The third-order valence-corrected chi connectivity index (χ3v) is 2.86. The van der Waals surface area contributed by atoms with Gasteiger partial charge in [-0.05, 0) is 13.3 Å². The van der Waals surface area contributed by atoms with Crippen molar-refractivity contribution in [2.24, 2.45) is 0 Å². The van der Waals surface area contributed by atoms with E-state index >= 15 is 0 Å². The lowest BCUT2D eigenvalue weighted by molar-refractivity contribution is 0.617. The summed E-state index contributed by atoms with van der Waals surface area (Å²) < 4.78 is 0. The molecule has 0 spiro atoms. The molecule has 0 atom stereocenters. The number of rotatable bonds is 10. The van der Waals surface area contributed by atoms with E-state index in [1.165, 1.54) is 38.5 Å². The van der Waals surface area contributed by atoms with Crippen LogP contribution in [0.2, 0.25) is 0 Å². The van der Waals surface area contributed by atoms with Gasteiger partial charge in [-0.3, -0.25) is 0 Å². The molecule has 1 rings (SSSR count). The monoisotopic (exact) mass is 250 g/mol. The largest absolute Gasteiger partial charge is 0.370 e. The fourth-order valence-corrected chi connectivity index (χ4v) is 1.85. The second-order valence-corrected chi connectivity index (χ2v) is 4.51. The van der Waals surface area contributed by atoms with Gasteiger partial charge < -0.3 is 10.6 Å². The Hall–Kier alpha value is -1.32. The van der Waals surface area contributed by atoms with Crippen molar-refractivity contribution < 1.29 is 0 Å². The molecule has 0 aromatic carbocycles. The first-order chi connectivity index (χ1) is 8.86. The lowest BCUT2D eigenvalue weighted by atomic mass is 10.1. The fraction of sp³-hybridized carbons (Fsp3) is 0.714. The quantitative estimate of drug-likeness (QED) is 0.622. The van der Waals surface area contributed by atoms with Crippen LogP contribution in [-0.2, 0) is 0 Å². The normalized spacial score (nSPS) is 10.3. The fourth-order valence-electron chi connectivity index (χ4n) is 1.85. The van der Waals surface area contributed by atoms with E-state index in [-0.39, 0.29) is 0 Å². The van der Waals surface area contributed by atoms with Gasteiger partial charge in [0.15, 0.2) is 0 Å². The molecule has 1 aromatic heterocycles. The maximum absolute atomic E-state index is 4.21. The van der Waals surface area contributed by atoms with E-state index in [2.05, 4.69) is 34.4 Å². The topological polar surface area (TPSA) is 49.8 Å². The zero-order valence-corrected chi connectivity index (χ0v) is 11.7. The van der Waals surface area contributed by atoms with E-state index in [4.69, 9.17) is 0 Å². The van der Waals surface area contributed by atoms with Crippen molar-refractivity contribution in [1.29, 1.82) is 0 Å². The molecule has 0 bridgehead atoms. The molecule has 2 N–H and O–H groups in total. The zero-order valence-electron chi connectivity index (χ0n) is 11.7. The molecule has 0 saturated heterocycles. The average molecular weight is 250 g/mol. The molecular formula is C14H26N4. The van der Waals surface area contributed by atoms with E-state index in [0.717, 1.165) is 24.7 Å². The highest BCUT2D eigenvalue weighted by Crippen LogP contribution is 2.09. The number of aromatic nitrogens is 2. The number of hydrogen-bond donors (Lipinski definition) is 2. The lowest BCUT2D eigenvalue weighted by Crippen LogP contribution is -2.05. The van der Waals surface area contributed by atoms with Crippen LogP contribution in [-0.4, -0.2) is 23.1 Å². The summed E-state index contributed by atoms with van der Waals surface area (Å²) >= 11 is 0. The maximum atomic E-state index is 4.21. The van der Waals surface area contributed by atoms with Crippen molar-refractivity contribution in [3.05, 3.63) is 12.4 Å². The van der Waals surface area contributed by atoms with Crippen molar-refractivity contribution in [3.63, 3.8) is 0 Å². The summed E-state index contributed by atoms with van der Waals surface area (Å²) in [6, 6.07) is 1.96. The van der Waals surface area contributed by atoms with Crippen molar-refractivity contribution in [1.82, 2.24) is 9.97 Å². The van der Waals surface area contributed by atoms with Gasteiger partial charge >= 0.3 is 0 Å². The first kappa shape index (κ1) is 14.7. The third kappa shape index (κ3) is 6.42. The number of nitrogens with one attached hydrogen (secondary N) is 2. The van der Waals surface area contributed by atoms with Crippen LogP contribution in [0.1, 0.15) is 52.4 Å². The molecule has 0 radical (unpaired) electrons. The van der Waals surface area contributed by atoms with E-state index in [9.17, 15) is 0 Å². The highest BCUT2D eigenvalue weighted by Gasteiger charge is 1.97. The van der Waals surface area contributed by atoms with Crippen LogP contribution in [0, 0.1) is 0 Å². The second-order valence-electron chi connectivity index (χ2n) is 4.51. The summed E-state index contributed by atoms with van der Waals surface area (Å²) in [4.78, 5) is 8.35. The molecule has 0 saturated carbocycles. The summed E-state index contributed by atoms with van der Waals surface area (Å²) in [5, 5.41) is 6.52. The predicted molar refractivity (Wildman–Crippen MR) is 78.1 cm³/mol. The van der Waals surface area contributed by atoms with Gasteiger partial charge in [0.2, 0.25) is 0 Å². The summed E-state index contributed by atoms with van der Waals surface area (Å²) in [6.07, 6.45) is 9.51. The Labute approximate surface area is 111 Å². The number of anilines is 2. The van der Waals surface area contributed by atoms with Gasteiger partial charge in [-0.15, -0.1) is 0 Å². The molecule has 0 amide bonds. The molecule has 0 fully saturated rings. The first-order valence-electron chi connectivity index (χ1n) is 7.16. The third-order valence-electron chi connectivity index (χ3n) is 2.86. The van der Waals surface area contributed by atoms with E-state index in [1.54, 1.807) is 6.33 Å². The second kappa shape index (κ2) is 9.68. The smallest absolute Gasteiger partial charge is 0.131 e. The molecule has 4 nitrogen and oxygen atoms in total. The van der Waals surface area contributed by atoms with Crippen LogP contribution in [0.15, 0.2) is 12.4 Å². The van der Waals surface area contributed by atoms with Crippen LogP contribution in [0.3, 0.4) is 0 Å². The number of unbranched alkanes of at least 4 members (excludes halogenated alkanes) is 5. The van der Waals surface area contributed by atoms with E-state index in [1.807, 2.05) is 6.07 Å². The summed E-state index contributed by atoms with van der Waals surface area (Å²) in [6.45, 7) is 6.19. The Morgan fingerprint density at radius 3 is 2.28 bits per heavy atom. The number of nitrogens with zero attached hydrogens (tertiary/aromatic N) is 2. The van der Waals surface area contributed by atoms with Crippen LogP contribution < -0.4 is 10.6 Å². The highest BCUT2D eigenvalue weighted by atomic mass is 15.1. The predicted octanol–water partition coefficient (Wildman–Crippen LogP) is 3.68. The molecule has 0 aliphatic carbocycles. The van der Waals surface area contributed by atoms with Gasteiger partial charge in [-0.1, -0.05) is 39.0 Å². The molecule has 4 heteroatoms. The van der Waals surface area contributed by atoms with Crippen LogP contribution in [0.25, 0.3) is 0 Å². The Bertz CT molecular complexity index is 314. The highest BCUT2D eigenvalue weighted by molar-refractivity contribution is 5.46. The molecule has 1 aromatic rings. The SMILES string of the molecule is CCCCCCCCNc1cc(NCC)ncn1. The molecule has 0 aliphatic heterocycles. The molecule has 1 heterocycles. The Kier molecular flexibility index (Phi) is 7.93. The van der Waals surface area contributed by atoms with Crippen LogP contribution >= 0.6 is 0 Å².